The minimum atomic E-state index is -0.414. The van der Waals surface area contributed by atoms with Gasteiger partial charge in [0.25, 0.3) is 5.91 Å². The molecule has 0 unspecified atom stereocenters. The van der Waals surface area contributed by atoms with E-state index in [9.17, 15) is 9.59 Å². The number of unbranched alkanes of at least 4 members (excludes halogenated alkanes) is 1. The highest BCUT2D eigenvalue weighted by molar-refractivity contribution is 6.04. The number of carbonyl (C=O) groups excluding carboxylic acids is 2. The van der Waals surface area contributed by atoms with Gasteiger partial charge in [-0.05, 0) is 36.8 Å². The summed E-state index contributed by atoms with van der Waals surface area (Å²) in [5, 5.41) is 6.02. The van der Waals surface area contributed by atoms with Gasteiger partial charge in [0.05, 0.1) is 23.9 Å². The van der Waals surface area contributed by atoms with Gasteiger partial charge in [-0.25, -0.2) is 4.79 Å². The number of hydrogen-bond donors (Lipinski definition) is 2. The summed E-state index contributed by atoms with van der Waals surface area (Å²) in [6.07, 6.45) is 5.37. The van der Waals surface area contributed by atoms with E-state index in [1.807, 2.05) is 0 Å². The highest BCUT2D eigenvalue weighted by Crippen LogP contribution is 2.14. The summed E-state index contributed by atoms with van der Waals surface area (Å²) >= 11 is 0. The molecule has 0 spiro atoms. The molecule has 24 heavy (non-hydrogen) atoms. The third-order valence-corrected chi connectivity index (χ3v) is 3.42. The second kappa shape index (κ2) is 8.67. The molecule has 126 valence electrons. The molecular formula is C18H21N3O3. The maximum absolute atomic E-state index is 12.3. The predicted molar refractivity (Wildman–Crippen MR) is 93.4 cm³/mol. The van der Waals surface area contributed by atoms with Crippen molar-refractivity contribution in [3.8, 4) is 0 Å². The Morgan fingerprint density at radius 3 is 2.50 bits per heavy atom. The van der Waals surface area contributed by atoms with Crippen LogP contribution in [0.3, 0.4) is 0 Å². The number of hydrogen-bond acceptors (Lipinski definition) is 5. The highest BCUT2D eigenvalue weighted by atomic mass is 16.5. The Bertz CT molecular complexity index is 699. The molecule has 0 saturated carbocycles. The normalized spacial score (nSPS) is 10.1. The average molecular weight is 327 g/mol. The lowest BCUT2D eigenvalue weighted by Gasteiger charge is -2.08. The van der Waals surface area contributed by atoms with E-state index in [1.54, 1.807) is 36.5 Å². The SMILES string of the molecule is CCCCNc1cncc(C(=O)Nc2ccc(C(=O)OC)cc2)c1. The molecule has 2 aromatic rings. The zero-order chi connectivity index (χ0) is 17.4. The van der Waals surface area contributed by atoms with Crippen molar-refractivity contribution >= 4 is 23.3 Å². The van der Waals surface area contributed by atoms with Gasteiger partial charge < -0.3 is 15.4 Å². The van der Waals surface area contributed by atoms with Crippen LogP contribution in [0.2, 0.25) is 0 Å². The van der Waals surface area contributed by atoms with Crippen molar-refractivity contribution in [1.82, 2.24) is 4.98 Å². The fourth-order valence-corrected chi connectivity index (χ4v) is 2.08. The molecule has 1 aromatic carbocycles. The Labute approximate surface area is 141 Å². The van der Waals surface area contributed by atoms with E-state index in [2.05, 4.69) is 27.3 Å². The Morgan fingerprint density at radius 1 is 1.08 bits per heavy atom. The average Bonchev–Trinajstić information content (AvgIpc) is 2.62. The van der Waals surface area contributed by atoms with Gasteiger partial charge in [0.15, 0.2) is 0 Å². The molecule has 6 nitrogen and oxygen atoms in total. The largest absolute Gasteiger partial charge is 0.465 e. The summed E-state index contributed by atoms with van der Waals surface area (Å²) in [6.45, 7) is 2.97. The molecule has 0 saturated heterocycles. The topological polar surface area (TPSA) is 80.3 Å². The number of benzene rings is 1. The van der Waals surface area contributed by atoms with Crippen LogP contribution in [-0.2, 0) is 4.74 Å². The Balaban J connectivity index is 2.01. The minimum Gasteiger partial charge on any atom is -0.465 e. The fourth-order valence-electron chi connectivity index (χ4n) is 2.08. The molecule has 1 aromatic heterocycles. The van der Waals surface area contributed by atoms with E-state index >= 15 is 0 Å². The molecule has 0 fully saturated rings. The zero-order valence-electron chi connectivity index (χ0n) is 13.8. The molecule has 0 bridgehead atoms. The lowest BCUT2D eigenvalue weighted by Crippen LogP contribution is -2.13. The highest BCUT2D eigenvalue weighted by Gasteiger charge is 2.09. The Hall–Kier alpha value is -2.89. The number of carbonyl (C=O) groups is 2. The van der Waals surface area contributed by atoms with Crippen molar-refractivity contribution in [2.45, 2.75) is 19.8 Å². The Kier molecular flexibility index (Phi) is 6.31. The summed E-state index contributed by atoms with van der Waals surface area (Å²) < 4.78 is 4.64. The summed E-state index contributed by atoms with van der Waals surface area (Å²) in [4.78, 5) is 27.8. The Morgan fingerprint density at radius 2 is 1.83 bits per heavy atom. The molecule has 0 aliphatic rings. The van der Waals surface area contributed by atoms with Gasteiger partial charge >= 0.3 is 5.97 Å². The van der Waals surface area contributed by atoms with Crippen LogP contribution < -0.4 is 10.6 Å². The van der Waals surface area contributed by atoms with E-state index in [4.69, 9.17) is 0 Å². The number of amides is 1. The van der Waals surface area contributed by atoms with Crippen molar-refractivity contribution in [1.29, 1.82) is 0 Å². The number of ether oxygens (including phenoxy) is 1. The van der Waals surface area contributed by atoms with Crippen molar-refractivity contribution in [2.24, 2.45) is 0 Å². The number of anilines is 2. The van der Waals surface area contributed by atoms with Gasteiger partial charge in [0.2, 0.25) is 0 Å². The van der Waals surface area contributed by atoms with Gasteiger partial charge in [0, 0.05) is 24.6 Å². The van der Waals surface area contributed by atoms with Gasteiger partial charge in [-0.15, -0.1) is 0 Å². The quantitative estimate of drug-likeness (QED) is 0.602. The van der Waals surface area contributed by atoms with Crippen LogP contribution in [-0.4, -0.2) is 30.5 Å². The summed E-state index contributed by atoms with van der Waals surface area (Å²) in [5.74, 6) is -0.671. The number of esters is 1. The van der Waals surface area contributed by atoms with Crippen LogP contribution in [0.5, 0.6) is 0 Å². The van der Waals surface area contributed by atoms with Crippen molar-refractivity contribution in [2.75, 3.05) is 24.3 Å². The first-order valence-electron chi connectivity index (χ1n) is 7.82. The van der Waals surface area contributed by atoms with Crippen LogP contribution in [0.15, 0.2) is 42.7 Å². The van der Waals surface area contributed by atoms with E-state index in [1.165, 1.54) is 13.3 Å². The first-order valence-corrected chi connectivity index (χ1v) is 7.82. The molecule has 0 atom stereocenters. The molecule has 1 heterocycles. The van der Waals surface area contributed by atoms with Crippen LogP contribution in [0.25, 0.3) is 0 Å². The number of rotatable bonds is 7. The molecule has 2 N–H and O–H groups in total. The summed E-state index contributed by atoms with van der Waals surface area (Å²) in [5.41, 5.74) is 2.31. The second-order valence-corrected chi connectivity index (χ2v) is 5.27. The fraction of sp³-hybridized carbons (Fsp3) is 0.278. The molecule has 2 rings (SSSR count). The molecule has 0 aliphatic carbocycles. The lowest BCUT2D eigenvalue weighted by atomic mass is 10.2. The predicted octanol–water partition coefficient (Wildman–Crippen LogP) is 3.33. The van der Waals surface area contributed by atoms with Crippen LogP contribution in [0, 0.1) is 0 Å². The second-order valence-electron chi connectivity index (χ2n) is 5.27. The summed E-state index contributed by atoms with van der Waals surface area (Å²) in [6, 6.07) is 8.27. The van der Waals surface area contributed by atoms with E-state index in [0.717, 1.165) is 25.1 Å². The third kappa shape index (κ3) is 4.81. The van der Waals surface area contributed by atoms with E-state index in [-0.39, 0.29) is 5.91 Å². The number of nitrogens with zero attached hydrogens (tertiary/aromatic N) is 1. The molecule has 0 aliphatic heterocycles. The molecule has 1 amide bonds. The minimum absolute atomic E-state index is 0.257. The molecular weight excluding hydrogens is 306 g/mol. The molecule has 0 radical (unpaired) electrons. The summed E-state index contributed by atoms with van der Waals surface area (Å²) in [7, 11) is 1.33. The lowest BCUT2D eigenvalue weighted by molar-refractivity contribution is 0.0600. The maximum atomic E-state index is 12.3. The third-order valence-electron chi connectivity index (χ3n) is 3.42. The van der Waals surface area contributed by atoms with E-state index in [0.29, 0.717) is 16.8 Å². The van der Waals surface area contributed by atoms with Crippen LogP contribution >= 0.6 is 0 Å². The van der Waals surface area contributed by atoms with Crippen LogP contribution in [0.4, 0.5) is 11.4 Å². The number of methoxy groups -OCH3 is 1. The maximum Gasteiger partial charge on any atom is 0.337 e. The smallest absolute Gasteiger partial charge is 0.337 e. The van der Waals surface area contributed by atoms with Crippen molar-refractivity contribution in [3.05, 3.63) is 53.9 Å². The zero-order valence-corrected chi connectivity index (χ0v) is 13.8. The number of pyridine rings is 1. The van der Waals surface area contributed by atoms with Gasteiger partial charge in [-0.2, -0.15) is 0 Å². The first kappa shape index (κ1) is 17.5. The monoisotopic (exact) mass is 327 g/mol. The standard InChI is InChI=1S/C18H21N3O3/c1-3-4-9-20-16-10-14(11-19-12-16)17(22)21-15-7-5-13(6-8-15)18(23)24-2/h5-8,10-12,20H,3-4,9H2,1-2H3,(H,21,22). The van der Waals surface area contributed by atoms with Gasteiger partial charge in [-0.3, -0.25) is 9.78 Å². The number of aromatic nitrogens is 1. The molecule has 6 heteroatoms. The van der Waals surface area contributed by atoms with Gasteiger partial charge in [-0.1, -0.05) is 13.3 Å². The van der Waals surface area contributed by atoms with E-state index < -0.39 is 5.97 Å². The van der Waals surface area contributed by atoms with Crippen molar-refractivity contribution < 1.29 is 14.3 Å². The first-order chi connectivity index (χ1) is 11.6. The number of nitrogens with one attached hydrogen (secondary N) is 2. The van der Waals surface area contributed by atoms with Crippen molar-refractivity contribution in [3.63, 3.8) is 0 Å². The van der Waals surface area contributed by atoms with Gasteiger partial charge in [0.1, 0.15) is 0 Å². The van der Waals surface area contributed by atoms with Crippen LogP contribution in [0.1, 0.15) is 40.5 Å².